The Balaban J connectivity index is 1.39. The average Bonchev–Trinajstić information content (AvgIpc) is 3.35. The first kappa shape index (κ1) is 15.0. The Hall–Kier alpha value is -2.25. The zero-order valence-electron chi connectivity index (χ0n) is 13.2. The maximum Gasteiger partial charge on any atom is 0.258 e. The van der Waals surface area contributed by atoms with Crippen molar-refractivity contribution in [3.05, 3.63) is 41.2 Å². The predicted molar refractivity (Wildman–Crippen MR) is 87.9 cm³/mol. The molecule has 0 spiro atoms. The number of halogens is 1. The van der Waals surface area contributed by atoms with Crippen molar-refractivity contribution in [2.24, 2.45) is 11.8 Å². The molecule has 5 rings (SSSR count). The van der Waals surface area contributed by atoms with Crippen LogP contribution in [0.15, 0.2) is 30.6 Å². The van der Waals surface area contributed by atoms with E-state index in [1.54, 1.807) is 16.8 Å². The molecule has 2 amide bonds. The van der Waals surface area contributed by atoms with E-state index in [2.05, 4.69) is 10.1 Å². The lowest BCUT2D eigenvalue weighted by atomic mass is 9.81. The Bertz CT molecular complexity index is 837. The van der Waals surface area contributed by atoms with E-state index in [0.29, 0.717) is 11.6 Å². The van der Waals surface area contributed by atoms with Gasteiger partial charge in [0.25, 0.3) is 5.95 Å². The summed E-state index contributed by atoms with van der Waals surface area (Å²) in [7, 11) is 0. The van der Waals surface area contributed by atoms with Gasteiger partial charge in [-0.1, -0.05) is 23.7 Å². The molecule has 0 saturated carbocycles. The molecule has 25 heavy (non-hydrogen) atoms. The highest BCUT2D eigenvalue weighted by atomic mass is 35.5. The van der Waals surface area contributed by atoms with Crippen LogP contribution < -0.4 is 4.90 Å². The highest BCUT2D eigenvalue weighted by molar-refractivity contribution is 6.30. The SMILES string of the molecule is O=C1[C@@H]2[C@H](C(=O)N1c1ncn(Cc3ccc(Cl)cc3)n1)[C@H]1CC[C@@H]2O1. The molecule has 8 heteroatoms. The van der Waals surface area contributed by atoms with Gasteiger partial charge in [-0.2, -0.15) is 4.98 Å². The first-order chi connectivity index (χ1) is 12.1. The number of carbonyl (C=O) groups excluding carboxylic acids is 2. The van der Waals surface area contributed by atoms with Gasteiger partial charge >= 0.3 is 0 Å². The first-order valence-corrected chi connectivity index (χ1v) is 8.67. The van der Waals surface area contributed by atoms with E-state index in [1.807, 2.05) is 12.1 Å². The van der Waals surface area contributed by atoms with Crippen LogP contribution >= 0.6 is 11.6 Å². The van der Waals surface area contributed by atoms with Gasteiger partial charge in [0.15, 0.2) is 0 Å². The number of anilines is 1. The molecule has 3 saturated heterocycles. The van der Waals surface area contributed by atoms with Crippen molar-refractivity contribution < 1.29 is 14.3 Å². The monoisotopic (exact) mass is 358 g/mol. The van der Waals surface area contributed by atoms with Crippen LogP contribution in [-0.2, 0) is 20.9 Å². The molecule has 2 bridgehead atoms. The maximum absolute atomic E-state index is 12.7. The molecular weight excluding hydrogens is 344 g/mol. The average molecular weight is 359 g/mol. The van der Waals surface area contributed by atoms with Crippen molar-refractivity contribution in [3.8, 4) is 0 Å². The number of carbonyl (C=O) groups is 2. The lowest BCUT2D eigenvalue weighted by molar-refractivity contribution is -0.124. The highest BCUT2D eigenvalue weighted by Crippen LogP contribution is 2.48. The van der Waals surface area contributed by atoms with Crippen molar-refractivity contribution in [3.63, 3.8) is 0 Å². The third kappa shape index (κ3) is 2.22. The number of nitrogens with zero attached hydrogens (tertiary/aromatic N) is 4. The highest BCUT2D eigenvalue weighted by Gasteiger charge is 2.63. The van der Waals surface area contributed by atoms with Crippen molar-refractivity contribution >= 4 is 29.4 Å². The fourth-order valence-electron chi connectivity index (χ4n) is 4.15. The number of aromatic nitrogens is 3. The molecule has 2 aromatic rings. The van der Waals surface area contributed by atoms with E-state index in [4.69, 9.17) is 16.3 Å². The lowest BCUT2D eigenvalue weighted by Crippen LogP contribution is -2.35. The molecule has 1 aromatic carbocycles. The molecule has 3 aliphatic rings. The van der Waals surface area contributed by atoms with E-state index >= 15 is 0 Å². The molecule has 0 radical (unpaired) electrons. The van der Waals surface area contributed by atoms with Crippen LogP contribution in [0.25, 0.3) is 0 Å². The Morgan fingerprint density at radius 2 is 1.72 bits per heavy atom. The Morgan fingerprint density at radius 3 is 2.36 bits per heavy atom. The normalized spacial score (nSPS) is 30.4. The van der Waals surface area contributed by atoms with E-state index in [9.17, 15) is 9.59 Å². The molecule has 7 nitrogen and oxygen atoms in total. The van der Waals surface area contributed by atoms with Crippen LogP contribution in [0.3, 0.4) is 0 Å². The summed E-state index contributed by atoms with van der Waals surface area (Å²) in [6.45, 7) is 0.488. The van der Waals surface area contributed by atoms with E-state index < -0.39 is 0 Å². The van der Waals surface area contributed by atoms with Gasteiger partial charge in [0.1, 0.15) is 6.33 Å². The van der Waals surface area contributed by atoms with Crippen LogP contribution in [0.1, 0.15) is 18.4 Å². The summed E-state index contributed by atoms with van der Waals surface area (Å²) in [5, 5.41) is 4.99. The number of hydrogen-bond donors (Lipinski definition) is 0. The summed E-state index contributed by atoms with van der Waals surface area (Å²) in [6.07, 6.45) is 2.96. The van der Waals surface area contributed by atoms with E-state index in [0.717, 1.165) is 23.3 Å². The molecule has 3 aliphatic heterocycles. The minimum Gasteiger partial charge on any atom is -0.373 e. The van der Waals surface area contributed by atoms with E-state index in [-0.39, 0.29) is 41.8 Å². The Morgan fingerprint density at radius 1 is 1.08 bits per heavy atom. The summed E-state index contributed by atoms with van der Waals surface area (Å²) in [5.74, 6) is -1.04. The minimum absolute atomic E-state index is 0.132. The molecule has 3 fully saturated rings. The standard InChI is InChI=1S/C17H15ClN4O3/c18-10-3-1-9(2-4-10)7-21-8-19-17(20-21)22-15(23)13-11-5-6-12(25-11)14(13)16(22)24/h1-4,8,11-14H,5-7H2/t11-,12+,13-,14+. The maximum atomic E-state index is 12.7. The number of rotatable bonds is 3. The van der Waals surface area contributed by atoms with Gasteiger partial charge < -0.3 is 4.74 Å². The second kappa shape index (κ2) is 5.37. The minimum atomic E-state index is -0.366. The second-order valence-electron chi connectivity index (χ2n) is 6.72. The van der Waals surface area contributed by atoms with E-state index in [1.165, 1.54) is 6.33 Å². The molecule has 0 N–H and O–H groups in total. The van der Waals surface area contributed by atoms with Gasteiger partial charge in [0.2, 0.25) is 11.8 Å². The number of fused-ring (bicyclic) bond motifs is 5. The summed E-state index contributed by atoms with van der Waals surface area (Å²) < 4.78 is 7.34. The molecule has 128 valence electrons. The first-order valence-electron chi connectivity index (χ1n) is 8.29. The second-order valence-corrected chi connectivity index (χ2v) is 7.16. The zero-order valence-corrected chi connectivity index (χ0v) is 14.0. The van der Waals surface area contributed by atoms with Crippen LogP contribution in [-0.4, -0.2) is 38.8 Å². The zero-order chi connectivity index (χ0) is 17.1. The Labute approximate surface area is 148 Å². The third-order valence-electron chi connectivity index (χ3n) is 5.27. The Kier molecular flexibility index (Phi) is 3.23. The van der Waals surface area contributed by atoms with Gasteiger partial charge in [-0.25, -0.2) is 9.58 Å². The molecular formula is C17H15ClN4O3. The number of hydrogen-bond acceptors (Lipinski definition) is 5. The molecule has 0 aliphatic carbocycles. The molecule has 4 heterocycles. The summed E-state index contributed by atoms with van der Waals surface area (Å²) in [6, 6.07) is 7.41. The van der Waals surface area contributed by atoms with Crippen molar-refractivity contribution in [2.45, 2.75) is 31.6 Å². The van der Waals surface area contributed by atoms with Crippen LogP contribution in [0, 0.1) is 11.8 Å². The van der Waals surface area contributed by atoms with Crippen LogP contribution in [0.2, 0.25) is 5.02 Å². The van der Waals surface area contributed by atoms with Gasteiger partial charge in [0.05, 0.1) is 30.6 Å². The smallest absolute Gasteiger partial charge is 0.258 e. The third-order valence-corrected chi connectivity index (χ3v) is 5.52. The summed E-state index contributed by atoms with van der Waals surface area (Å²) in [5.41, 5.74) is 1.00. The van der Waals surface area contributed by atoms with Crippen molar-refractivity contribution in [2.75, 3.05) is 4.90 Å². The van der Waals surface area contributed by atoms with Crippen molar-refractivity contribution in [1.29, 1.82) is 0 Å². The number of amides is 2. The van der Waals surface area contributed by atoms with Gasteiger partial charge in [-0.15, -0.1) is 5.10 Å². The molecule has 1 aromatic heterocycles. The molecule has 0 unspecified atom stereocenters. The number of imide groups is 1. The lowest BCUT2D eigenvalue weighted by Gasteiger charge is -2.14. The fraction of sp³-hybridized carbons (Fsp3) is 0.412. The van der Waals surface area contributed by atoms with Crippen LogP contribution in [0.5, 0.6) is 0 Å². The number of benzene rings is 1. The van der Waals surface area contributed by atoms with Crippen molar-refractivity contribution in [1.82, 2.24) is 14.8 Å². The van der Waals surface area contributed by atoms with Gasteiger partial charge in [0, 0.05) is 5.02 Å². The summed E-state index contributed by atoms with van der Waals surface area (Å²) >= 11 is 5.89. The van der Waals surface area contributed by atoms with Gasteiger partial charge in [-0.05, 0) is 30.5 Å². The quantitative estimate of drug-likeness (QED) is 0.780. The van der Waals surface area contributed by atoms with Crippen LogP contribution in [0.4, 0.5) is 5.95 Å². The fourth-order valence-corrected chi connectivity index (χ4v) is 4.28. The predicted octanol–water partition coefficient (Wildman–Crippen LogP) is 1.65. The van der Waals surface area contributed by atoms with Gasteiger partial charge in [-0.3, -0.25) is 9.59 Å². The topological polar surface area (TPSA) is 77.3 Å². The largest absolute Gasteiger partial charge is 0.373 e. The summed E-state index contributed by atoms with van der Waals surface area (Å²) in [4.78, 5) is 30.7. The molecule has 4 atom stereocenters. The number of ether oxygens (including phenoxy) is 1.